The Kier molecular flexibility index (Phi) is 3.87. The second kappa shape index (κ2) is 6.03. The molecule has 1 spiro atoms. The van der Waals surface area contributed by atoms with Gasteiger partial charge < -0.3 is 14.8 Å². The number of nitrogens with one attached hydrogen (secondary N) is 1. The molecule has 5 rings (SSSR count). The zero-order chi connectivity index (χ0) is 17.8. The van der Waals surface area contributed by atoms with E-state index in [9.17, 15) is 4.79 Å². The van der Waals surface area contributed by atoms with E-state index in [1.54, 1.807) is 6.20 Å². The normalized spacial score (nSPS) is 43.7. The molecule has 5 heteroatoms. The van der Waals surface area contributed by atoms with Crippen molar-refractivity contribution in [2.24, 2.45) is 23.2 Å². The Hall–Kier alpha value is -1.46. The first-order chi connectivity index (χ1) is 12.6. The highest BCUT2D eigenvalue weighted by atomic mass is 16.6. The van der Waals surface area contributed by atoms with E-state index in [0.29, 0.717) is 18.4 Å². The maximum absolute atomic E-state index is 12.6. The summed E-state index contributed by atoms with van der Waals surface area (Å²) in [5, 5.41) is 3.45. The summed E-state index contributed by atoms with van der Waals surface area (Å²) in [5.74, 6) is 0.882. The monoisotopic (exact) mass is 356 g/mol. The molecule has 1 N–H and O–H groups in total. The maximum atomic E-state index is 12.6. The van der Waals surface area contributed by atoms with Crippen LogP contribution in [0.4, 0.5) is 0 Å². The second-order valence-corrected chi connectivity index (χ2v) is 9.09. The van der Waals surface area contributed by atoms with E-state index in [1.807, 2.05) is 12.3 Å². The molecule has 26 heavy (non-hydrogen) atoms. The van der Waals surface area contributed by atoms with Gasteiger partial charge in [-0.25, -0.2) is 0 Å². The van der Waals surface area contributed by atoms with E-state index >= 15 is 0 Å². The number of aromatic nitrogens is 1. The Labute approximate surface area is 154 Å². The number of carbonyl (C=O) groups is 1. The SMILES string of the molecule is C[C@]12CCC[C@]3(CO3)C1C[C@@H]1C(CNCc3cccnc3)C(=O)O[C@@H]1C2. The van der Waals surface area contributed by atoms with Gasteiger partial charge in [-0.1, -0.05) is 13.0 Å². The van der Waals surface area contributed by atoms with Gasteiger partial charge >= 0.3 is 5.97 Å². The van der Waals surface area contributed by atoms with E-state index in [0.717, 1.165) is 31.6 Å². The highest BCUT2D eigenvalue weighted by molar-refractivity contribution is 5.75. The average molecular weight is 356 g/mol. The summed E-state index contributed by atoms with van der Waals surface area (Å²) in [6.07, 6.45) is 9.52. The molecule has 3 heterocycles. The Morgan fingerprint density at radius 2 is 2.27 bits per heavy atom. The van der Waals surface area contributed by atoms with Crippen LogP contribution >= 0.6 is 0 Å². The zero-order valence-corrected chi connectivity index (χ0v) is 15.4. The Morgan fingerprint density at radius 3 is 3.04 bits per heavy atom. The minimum atomic E-state index is -0.0288. The van der Waals surface area contributed by atoms with Crippen LogP contribution in [-0.2, 0) is 20.8 Å². The van der Waals surface area contributed by atoms with Gasteiger partial charge in [0.25, 0.3) is 0 Å². The van der Waals surface area contributed by atoms with E-state index in [1.165, 1.54) is 19.3 Å². The lowest BCUT2D eigenvalue weighted by Gasteiger charge is -2.51. The maximum Gasteiger partial charge on any atom is 0.310 e. The number of fused-ring (bicyclic) bond motifs is 3. The fraction of sp³-hybridized carbons (Fsp3) is 0.714. The molecular weight excluding hydrogens is 328 g/mol. The van der Waals surface area contributed by atoms with Crippen molar-refractivity contribution < 1.29 is 14.3 Å². The number of rotatable bonds is 4. The first kappa shape index (κ1) is 16.7. The lowest BCUT2D eigenvalue weighted by atomic mass is 9.53. The Morgan fingerprint density at radius 1 is 1.38 bits per heavy atom. The highest BCUT2D eigenvalue weighted by Crippen LogP contribution is 2.62. The van der Waals surface area contributed by atoms with Gasteiger partial charge in [0.1, 0.15) is 6.10 Å². The molecule has 0 amide bonds. The molecule has 4 fully saturated rings. The largest absolute Gasteiger partial charge is 0.462 e. The number of epoxide rings is 1. The molecule has 4 aliphatic rings. The van der Waals surface area contributed by atoms with Gasteiger partial charge in [-0.05, 0) is 55.1 Å². The van der Waals surface area contributed by atoms with Crippen LogP contribution in [0.1, 0.15) is 44.6 Å². The summed E-state index contributed by atoms with van der Waals surface area (Å²) in [4.78, 5) is 16.7. The molecule has 0 aromatic carbocycles. The van der Waals surface area contributed by atoms with Crippen molar-refractivity contribution in [3.63, 3.8) is 0 Å². The number of ether oxygens (including phenoxy) is 2. The van der Waals surface area contributed by atoms with Crippen molar-refractivity contribution in [1.29, 1.82) is 0 Å². The molecule has 1 aromatic heterocycles. The van der Waals surface area contributed by atoms with Crippen molar-refractivity contribution in [2.45, 2.75) is 57.3 Å². The molecule has 2 aliphatic heterocycles. The number of hydrogen-bond donors (Lipinski definition) is 1. The molecule has 0 radical (unpaired) electrons. The summed E-state index contributed by atoms with van der Waals surface area (Å²) in [7, 11) is 0. The van der Waals surface area contributed by atoms with E-state index in [-0.39, 0.29) is 29.0 Å². The number of esters is 1. The van der Waals surface area contributed by atoms with Crippen LogP contribution in [0.25, 0.3) is 0 Å². The number of pyridine rings is 1. The number of hydrogen-bond acceptors (Lipinski definition) is 5. The van der Waals surface area contributed by atoms with Crippen LogP contribution in [0.15, 0.2) is 24.5 Å². The van der Waals surface area contributed by atoms with E-state index in [4.69, 9.17) is 9.47 Å². The molecule has 140 valence electrons. The summed E-state index contributed by atoms with van der Waals surface area (Å²) in [6, 6.07) is 4.00. The second-order valence-electron chi connectivity index (χ2n) is 9.09. The third-order valence-corrected chi connectivity index (χ3v) is 7.50. The van der Waals surface area contributed by atoms with Crippen molar-refractivity contribution in [2.75, 3.05) is 13.2 Å². The van der Waals surface area contributed by atoms with Crippen LogP contribution in [0.5, 0.6) is 0 Å². The van der Waals surface area contributed by atoms with Crippen LogP contribution in [0.2, 0.25) is 0 Å². The molecule has 6 atom stereocenters. The fourth-order valence-corrected chi connectivity index (χ4v) is 6.06. The molecule has 2 saturated carbocycles. The van der Waals surface area contributed by atoms with Gasteiger partial charge in [0, 0.05) is 31.4 Å². The summed E-state index contributed by atoms with van der Waals surface area (Å²) >= 11 is 0. The third kappa shape index (κ3) is 2.67. The predicted molar refractivity (Wildman–Crippen MR) is 96.2 cm³/mol. The Balaban J connectivity index is 1.28. The van der Waals surface area contributed by atoms with Crippen molar-refractivity contribution in [3.8, 4) is 0 Å². The molecular formula is C21H28N2O3. The molecule has 2 unspecified atom stereocenters. The quantitative estimate of drug-likeness (QED) is 0.664. The van der Waals surface area contributed by atoms with Gasteiger partial charge in [-0.3, -0.25) is 9.78 Å². The number of nitrogens with zero attached hydrogens (tertiary/aromatic N) is 1. The lowest BCUT2D eigenvalue weighted by molar-refractivity contribution is -0.147. The van der Waals surface area contributed by atoms with Crippen molar-refractivity contribution in [1.82, 2.24) is 10.3 Å². The van der Waals surface area contributed by atoms with Crippen LogP contribution < -0.4 is 5.32 Å². The molecule has 0 bridgehead atoms. The van der Waals surface area contributed by atoms with Gasteiger partial charge in [0.15, 0.2) is 0 Å². The molecule has 2 saturated heterocycles. The summed E-state index contributed by atoms with van der Waals surface area (Å²) in [6.45, 7) is 4.75. The Bertz CT molecular complexity index is 690. The lowest BCUT2D eigenvalue weighted by Crippen LogP contribution is -2.51. The zero-order valence-electron chi connectivity index (χ0n) is 15.4. The first-order valence-corrected chi connectivity index (χ1v) is 10.0. The van der Waals surface area contributed by atoms with E-state index < -0.39 is 0 Å². The third-order valence-electron chi connectivity index (χ3n) is 7.50. The van der Waals surface area contributed by atoms with Crippen LogP contribution in [0, 0.1) is 23.2 Å². The van der Waals surface area contributed by atoms with Crippen molar-refractivity contribution in [3.05, 3.63) is 30.1 Å². The van der Waals surface area contributed by atoms with Crippen LogP contribution in [-0.4, -0.2) is 35.8 Å². The van der Waals surface area contributed by atoms with Gasteiger partial charge in [-0.15, -0.1) is 0 Å². The standard InChI is InChI=1S/C21H28N2O3/c1-20-5-3-6-21(13-25-21)18(20)8-15-16(19(24)26-17(15)9-20)12-23-11-14-4-2-7-22-10-14/h2,4,7,10,15-18,23H,3,5-6,8-9,11-13H2,1H3/t15-,16?,17-,18?,20-,21+/m1/s1. The average Bonchev–Trinajstić information content (AvgIpc) is 3.33. The van der Waals surface area contributed by atoms with Gasteiger partial charge in [0.05, 0.1) is 18.1 Å². The van der Waals surface area contributed by atoms with Gasteiger partial charge in [0.2, 0.25) is 0 Å². The smallest absolute Gasteiger partial charge is 0.310 e. The number of carbonyl (C=O) groups excluding carboxylic acids is 1. The molecule has 5 nitrogen and oxygen atoms in total. The predicted octanol–water partition coefficient (Wildman–Crippen LogP) is 2.70. The first-order valence-electron chi connectivity index (χ1n) is 10.0. The highest BCUT2D eigenvalue weighted by Gasteiger charge is 2.64. The minimum Gasteiger partial charge on any atom is -0.462 e. The molecule has 1 aromatic rings. The topological polar surface area (TPSA) is 63.8 Å². The fourth-order valence-electron chi connectivity index (χ4n) is 6.06. The summed E-state index contributed by atoms with van der Waals surface area (Å²) in [5.41, 5.74) is 1.54. The van der Waals surface area contributed by atoms with E-state index in [2.05, 4.69) is 23.3 Å². The molecule has 2 aliphatic carbocycles. The summed E-state index contributed by atoms with van der Waals surface area (Å²) < 4.78 is 11.8. The van der Waals surface area contributed by atoms with Crippen molar-refractivity contribution >= 4 is 5.97 Å². The van der Waals surface area contributed by atoms with Gasteiger partial charge in [-0.2, -0.15) is 0 Å². The minimum absolute atomic E-state index is 0.00769. The van der Waals surface area contributed by atoms with Crippen LogP contribution in [0.3, 0.4) is 0 Å².